The molecule has 1 saturated heterocycles. The van der Waals surface area contributed by atoms with Gasteiger partial charge in [-0.25, -0.2) is 0 Å². The Hall–Kier alpha value is -2.86. The van der Waals surface area contributed by atoms with Gasteiger partial charge >= 0.3 is 0 Å². The lowest BCUT2D eigenvalue weighted by molar-refractivity contribution is -0.120. The lowest BCUT2D eigenvalue weighted by Gasteiger charge is -2.22. The fourth-order valence-corrected chi connectivity index (χ4v) is 4.85. The standard InChI is InChI=1S/C27H36N4O2/c1-30(2)25-17-18-31(19-25)24-15-13-23(14-16-24)29-27(33)21-9-11-22(12-10-21)28-26(32)20-7-5-3-4-6-8-20/h9-16,20,25H,3-8,17-19H2,1-2H3,(H,28,32)(H,29,33). The van der Waals surface area contributed by atoms with Crippen LogP contribution in [-0.2, 0) is 4.79 Å². The number of nitrogens with one attached hydrogen (secondary N) is 2. The monoisotopic (exact) mass is 448 g/mol. The molecule has 0 aromatic heterocycles. The van der Waals surface area contributed by atoms with Crippen LogP contribution in [-0.4, -0.2) is 49.9 Å². The summed E-state index contributed by atoms with van der Waals surface area (Å²) in [5, 5.41) is 5.99. The number of carbonyl (C=O) groups is 2. The fraction of sp³-hybridized carbons (Fsp3) is 0.481. The Labute approximate surface area is 197 Å². The zero-order chi connectivity index (χ0) is 23.2. The van der Waals surface area contributed by atoms with Gasteiger partial charge in [0.15, 0.2) is 0 Å². The first-order valence-electron chi connectivity index (χ1n) is 12.2. The second-order valence-electron chi connectivity index (χ2n) is 9.61. The summed E-state index contributed by atoms with van der Waals surface area (Å²) in [5.41, 5.74) is 3.27. The molecule has 2 aliphatic rings. The van der Waals surface area contributed by atoms with Crippen molar-refractivity contribution in [2.75, 3.05) is 42.7 Å². The number of benzene rings is 2. The Kier molecular flexibility index (Phi) is 7.65. The molecule has 0 radical (unpaired) electrons. The Bertz CT molecular complexity index is 932. The van der Waals surface area contributed by atoms with Gasteiger partial charge in [0.1, 0.15) is 0 Å². The zero-order valence-electron chi connectivity index (χ0n) is 19.8. The van der Waals surface area contributed by atoms with Crippen molar-refractivity contribution >= 4 is 28.9 Å². The van der Waals surface area contributed by atoms with Crippen LogP contribution in [0.4, 0.5) is 17.1 Å². The first-order chi connectivity index (χ1) is 16.0. The van der Waals surface area contributed by atoms with Crippen molar-refractivity contribution in [1.29, 1.82) is 0 Å². The number of anilines is 3. The second kappa shape index (κ2) is 10.8. The minimum atomic E-state index is -0.154. The second-order valence-corrected chi connectivity index (χ2v) is 9.61. The number of nitrogens with zero attached hydrogens (tertiary/aromatic N) is 2. The van der Waals surface area contributed by atoms with Crippen LogP contribution in [0.3, 0.4) is 0 Å². The van der Waals surface area contributed by atoms with Crippen LogP contribution >= 0.6 is 0 Å². The highest BCUT2D eigenvalue weighted by Crippen LogP contribution is 2.25. The highest BCUT2D eigenvalue weighted by atomic mass is 16.2. The molecule has 1 aliphatic carbocycles. The molecule has 1 atom stereocenters. The largest absolute Gasteiger partial charge is 0.370 e. The van der Waals surface area contributed by atoms with E-state index in [4.69, 9.17) is 0 Å². The summed E-state index contributed by atoms with van der Waals surface area (Å²) in [6.45, 7) is 2.08. The molecule has 6 nitrogen and oxygen atoms in total. The van der Waals surface area contributed by atoms with Gasteiger partial charge in [-0.2, -0.15) is 0 Å². The number of hydrogen-bond acceptors (Lipinski definition) is 4. The lowest BCUT2D eigenvalue weighted by Crippen LogP contribution is -2.31. The summed E-state index contributed by atoms with van der Waals surface area (Å²) >= 11 is 0. The molecule has 4 rings (SSSR count). The lowest BCUT2D eigenvalue weighted by atomic mass is 9.99. The molecule has 2 N–H and O–H groups in total. The van der Waals surface area contributed by atoms with E-state index in [0.29, 0.717) is 11.6 Å². The first-order valence-corrected chi connectivity index (χ1v) is 12.2. The topological polar surface area (TPSA) is 64.7 Å². The van der Waals surface area contributed by atoms with Crippen molar-refractivity contribution in [2.45, 2.75) is 51.0 Å². The van der Waals surface area contributed by atoms with Crippen LogP contribution in [0.5, 0.6) is 0 Å². The van der Waals surface area contributed by atoms with Crippen molar-refractivity contribution in [3.63, 3.8) is 0 Å². The molecule has 33 heavy (non-hydrogen) atoms. The Morgan fingerprint density at radius 3 is 2.03 bits per heavy atom. The highest BCUT2D eigenvalue weighted by Gasteiger charge is 2.24. The van der Waals surface area contributed by atoms with Gasteiger partial charge in [-0.15, -0.1) is 0 Å². The minimum Gasteiger partial charge on any atom is -0.370 e. The van der Waals surface area contributed by atoms with Crippen LogP contribution in [0, 0.1) is 5.92 Å². The van der Waals surface area contributed by atoms with E-state index < -0.39 is 0 Å². The molecule has 0 spiro atoms. The number of carbonyl (C=O) groups excluding carboxylic acids is 2. The van der Waals surface area contributed by atoms with Crippen molar-refractivity contribution < 1.29 is 9.59 Å². The first kappa shape index (κ1) is 23.3. The maximum Gasteiger partial charge on any atom is 0.255 e. The molecular formula is C27H36N4O2. The van der Waals surface area contributed by atoms with Gasteiger partial charge in [0.05, 0.1) is 0 Å². The Balaban J connectivity index is 1.30. The molecule has 1 heterocycles. The maximum absolute atomic E-state index is 12.7. The highest BCUT2D eigenvalue weighted by molar-refractivity contribution is 6.04. The summed E-state index contributed by atoms with van der Waals surface area (Å²) in [6, 6.07) is 15.8. The van der Waals surface area contributed by atoms with Crippen molar-refractivity contribution in [1.82, 2.24) is 4.90 Å². The SMILES string of the molecule is CN(C)C1CCN(c2ccc(NC(=O)c3ccc(NC(=O)C4CCCCCC4)cc3)cc2)C1. The van der Waals surface area contributed by atoms with E-state index in [1.807, 2.05) is 12.1 Å². The van der Waals surface area contributed by atoms with Gasteiger partial charge in [0, 0.05) is 47.7 Å². The predicted octanol–water partition coefficient (Wildman–Crippen LogP) is 4.99. The van der Waals surface area contributed by atoms with Crippen LogP contribution in [0.1, 0.15) is 55.3 Å². The van der Waals surface area contributed by atoms with Crippen molar-refractivity contribution in [3.05, 3.63) is 54.1 Å². The summed E-state index contributed by atoms with van der Waals surface area (Å²) in [6.07, 6.45) is 7.83. The van der Waals surface area contributed by atoms with E-state index in [-0.39, 0.29) is 17.7 Å². The Morgan fingerprint density at radius 1 is 0.818 bits per heavy atom. The number of hydrogen-bond donors (Lipinski definition) is 2. The predicted molar refractivity (Wildman–Crippen MR) is 135 cm³/mol. The zero-order valence-corrected chi connectivity index (χ0v) is 19.8. The molecule has 6 heteroatoms. The number of likely N-dealkylation sites (N-methyl/N-ethyl adjacent to an activating group) is 1. The molecule has 1 unspecified atom stereocenters. The molecule has 0 bridgehead atoms. The quantitative estimate of drug-likeness (QED) is 0.611. The van der Waals surface area contributed by atoms with E-state index in [1.54, 1.807) is 24.3 Å². The summed E-state index contributed by atoms with van der Waals surface area (Å²) in [5.74, 6) is 0.0510. The normalized spacial score (nSPS) is 19.4. The van der Waals surface area contributed by atoms with Crippen molar-refractivity contribution in [3.8, 4) is 0 Å². The molecule has 176 valence electrons. The molecule has 1 aliphatic heterocycles. The van der Waals surface area contributed by atoms with Gasteiger partial charge in [0.2, 0.25) is 5.91 Å². The summed E-state index contributed by atoms with van der Waals surface area (Å²) < 4.78 is 0. The molecule has 2 aromatic rings. The summed E-state index contributed by atoms with van der Waals surface area (Å²) in [4.78, 5) is 29.9. The van der Waals surface area contributed by atoms with Gasteiger partial charge in [-0.05, 0) is 81.9 Å². The van der Waals surface area contributed by atoms with E-state index in [9.17, 15) is 9.59 Å². The van der Waals surface area contributed by atoms with Gasteiger partial charge in [-0.1, -0.05) is 25.7 Å². The molecule has 2 amide bonds. The average Bonchev–Trinajstić information content (AvgIpc) is 3.16. The van der Waals surface area contributed by atoms with Crippen molar-refractivity contribution in [2.24, 2.45) is 5.92 Å². The minimum absolute atomic E-state index is 0.101. The Morgan fingerprint density at radius 2 is 1.42 bits per heavy atom. The van der Waals surface area contributed by atoms with E-state index in [1.165, 1.54) is 24.9 Å². The van der Waals surface area contributed by atoms with Gasteiger partial charge in [-0.3, -0.25) is 9.59 Å². The fourth-order valence-electron chi connectivity index (χ4n) is 4.85. The number of amides is 2. The molecule has 2 fully saturated rings. The van der Waals surface area contributed by atoms with Gasteiger partial charge in [0.25, 0.3) is 5.91 Å². The third-order valence-electron chi connectivity index (χ3n) is 7.02. The molecular weight excluding hydrogens is 412 g/mol. The van der Waals surface area contributed by atoms with Crippen LogP contribution < -0.4 is 15.5 Å². The molecule has 2 aromatic carbocycles. The van der Waals surface area contributed by atoms with E-state index in [0.717, 1.165) is 50.1 Å². The van der Waals surface area contributed by atoms with E-state index in [2.05, 4.69) is 46.7 Å². The number of rotatable bonds is 6. The average molecular weight is 449 g/mol. The van der Waals surface area contributed by atoms with E-state index >= 15 is 0 Å². The van der Waals surface area contributed by atoms with Crippen LogP contribution in [0.25, 0.3) is 0 Å². The maximum atomic E-state index is 12.7. The molecule has 1 saturated carbocycles. The van der Waals surface area contributed by atoms with Gasteiger partial charge < -0.3 is 20.4 Å². The summed E-state index contributed by atoms with van der Waals surface area (Å²) in [7, 11) is 4.26. The van der Waals surface area contributed by atoms with Crippen LogP contribution in [0.15, 0.2) is 48.5 Å². The third-order valence-corrected chi connectivity index (χ3v) is 7.02. The smallest absolute Gasteiger partial charge is 0.255 e. The third kappa shape index (κ3) is 6.14. The van der Waals surface area contributed by atoms with Crippen LogP contribution in [0.2, 0.25) is 0 Å².